The summed E-state index contributed by atoms with van der Waals surface area (Å²) in [5.41, 5.74) is 6.32. The average Bonchev–Trinajstić information content (AvgIpc) is 1.94. The van der Waals surface area contributed by atoms with Gasteiger partial charge >= 0.3 is 0 Å². The average molecular weight is 169 g/mol. The fourth-order valence-corrected chi connectivity index (χ4v) is 1.13. The summed E-state index contributed by atoms with van der Waals surface area (Å²) in [4.78, 5) is 0.569. The van der Waals surface area contributed by atoms with Crippen LogP contribution in [0.3, 0.4) is 0 Å². The van der Waals surface area contributed by atoms with E-state index in [1.807, 2.05) is 13.0 Å². The molecule has 1 atom stereocenters. The molecule has 0 aromatic heterocycles. The highest BCUT2D eigenvalue weighted by atomic mass is 32.1. The van der Waals surface area contributed by atoms with Crippen molar-refractivity contribution in [3.05, 3.63) is 23.8 Å². The van der Waals surface area contributed by atoms with Gasteiger partial charge in [0.25, 0.3) is 0 Å². The molecule has 11 heavy (non-hydrogen) atoms. The van der Waals surface area contributed by atoms with E-state index in [2.05, 4.69) is 12.6 Å². The van der Waals surface area contributed by atoms with E-state index in [0.29, 0.717) is 4.90 Å². The summed E-state index contributed by atoms with van der Waals surface area (Å²) in [6.45, 7) is 1.82. The van der Waals surface area contributed by atoms with Gasteiger partial charge in [0.05, 0.1) is 0 Å². The monoisotopic (exact) mass is 169 g/mol. The van der Waals surface area contributed by atoms with Gasteiger partial charge in [0.2, 0.25) is 0 Å². The third kappa shape index (κ3) is 1.67. The highest BCUT2D eigenvalue weighted by Crippen LogP contribution is 2.28. The number of nitrogens with two attached hydrogens (primary N) is 1. The van der Waals surface area contributed by atoms with Crippen LogP contribution in [0.5, 0.6) is 5.75 Å². The van der Waals surface area contributed by atoms with E-state index >= 15 is 0 Å². The lowest BCUT2D eigenvalue weighted by Crippen LogP contribution is -2.04. The van der Waals surface area contributed by atoms with Crippen molar-refractivity contribution < 1.29 is 5.11 Å². The number of aromatic hydroxyl groups is 1. The topological polar surface area (TPSA) is 46.2 Å². The van der Waals surface area contributed by atoms with Gasteiger partial charge in [-0.3, -0.25) is 0 Å². The first-order chi connectivity index (χ1) is 5.13. The fraction of sp³-hybridized carbons (Fsp3) is 0.250. The zero-order valence-corrected chi connectivity index (χ0v) is 7.18. The first kappa shape index (κ1) is 8.43. The van der Waals surface area contributed by atoms with Crippen molar-refractivity contribution in [2.75, 3.05) is 0 Å². The smallest absolute Gasteiger partial charge is 0.133 e. The summed E-state index contributed by atoms with van der Waals surface area (Å²) in [7, 11) is 0. The number of hydrogen-bond donors (Lipinski definition) is 3. The Bertz CT molecular complexity index is 260. The maximum absolute atomic E-state index is 9.41. The van der Waals surface area contributed by atoms with Gasteiger partial charge in [-0.15, -0.1) is 12.6 Å². The zero-order valence-electron chi connectivity index (χ0n) is 6.28. The Morgan fingerprint density at radius 2 is 2.18 bits per heavy atom. The first-order valence-electron chi connectivity index (χ1n) is 3.39. The summed E-state index contributed by atoms with van der Waals surface area (Å²) in [6, 6.07) is 5.19. The summed E-state index contributed by atoms with van der Waals surface area (Å²) in [6.07, 6.45) is 0. The van der Waals surface area contributed by atoms with Crippen molar-refractivity contribution in [2.45, 2.75) is 17.9 Å². The molecule has 0 unspecified atom stereocenters. The van der Waals surface area contributed by atoms with Crippen LogP contribution in [0.2, 0.25) is 0 Å². The van der Waals surface area contributed by atoms with Crippen LogP contribution >= 0.6 is 12.6 Å². The number of hydrogen-bond acceptors (Lipinski definition) is 3. The van der Waals surface area contributed by atoms with Crippen LogP contribution in [0.15, 0.2) is 23.1 Å². The summed E-state index contributed by atoms with van der Waals surface area (Å²) >= 11 is 4.06. The maximum atomic E-state index is 9.41. The van der Waals surface area contributed by atoms with Crippen LogP contribution in [-0.2, 0) is 0 Å². The van der Waals surface area contributed by atoms with Crippen LogP contribution in [0.4, 0.5) is 0 Å². The van der Waals surface area contributed by atoms with Crippen molar-refractivity contribution in [3.63, 3.8) is 0 Å². The molecule has 0 saturated heterocycles. The third-order valence-electron chi connectivity index (χ3n) is 1.54. The third-order valence-corrected chi connectivity index (χ3v) is 1.90. The minimum absolute atomic E-state index is 0.151. The minimum Gasteiger partial charge on any atom is -0.506 e. The Balaban J connectivity index is 3.17. The summed E-state index contributed by atoms with van der Waals surface area (Å²) in [5.74, 6) is 0.186. The van der Waals surface area contributed by atoms with E-state index in [1.54, 1.807) is 12.1 Å². The van der Waals surface area contributed by atoms with Gasteiger partial charge in [0.1, 0.15) is 5.75 Å². The molecule has 0 fully saturated rings. The zero-order chi connectivity index (χ0) is 8.43. The molecule has 0 heterocycles. The van der Waals surface area contributed by atoms with E-state index in [9.17, 15) is 5.11 Å². The van der Waals surface area contributed by atoms with Crippen molar-refractivity contribution in [3.8, 4) is 5.75 Å². The van der Waals surface area contributed by atoms with Gasteiger partial charge in [-0.05, 0) is 13.0 Å². The van der Waals surface area contributed by atoms with Crippen LogP contribution in [0, 0.1) is 0 Å². The molecule has 0 bridgehead atoms. The Morgan fingerprint density at radius 3 is 2.64 bits per heavy atom. The van der Waals surface area contributed by atoms with Gasteiger partial charge in [-0.25, -0.2) is 0 Å². The van der Waals surface area contributed by atoms with Crippen LogP contribution in [0.25, 0.3) is 0 Å². The largest absolute Gasteiger partial charge is 0.506 e. The van der Waals surface area contributed by atoms with Gasteiger partial charge in [0.15, 0.2) is 0 Å². The maximum Gasteiger partial charge on any atom is 0.133 e. The van der Waals surface area contributed by atoms with E-state index in [0.717, 1.165) is 5.56 Å². The fourth-order valence-electron chi connectivity index (χ4n) is 0.916. The first-order valence-corrected chi connectivity index (χ1v) is 3.84. The number of benzene rings is 1. The van der Waals surface area contributed by atoms with Gasteiger partial charge < -0.3 is 10.8 Å². The quantitative estimate of drug-likeness (QED) is 0.560. The number of thiol groups is 1. The Hall–Kier alpha value is -0.670. The molecule has 3 N–H and O–H groups in total. The predicted molar refractivity (Wildman–Crippen MR) is 48.0 cm³/mol. The molecule has 0 amide bonds. The number of phenols is 1. The highest BCUT2D eigenvalue weighted by molar-refractivity contribution is 7.80. The van der Waals surface area contributed by atoms with E-state index in [-0.39, 0.29) is 11.8 Å². The highest BCUT2D eigenvalue weighted by Gasteiger charge is 2.06. The molecule has 0 saturated carbocycles. The number of para-hydroxylation sites is 1. The van der Waals surface area contributed by atoms with Gasteiger partial charge in [-0.1, -0.05) is 12.1 Å². The van der Waals surface area contributed by atoms with E-state index in [1.165, 1.54) is 0 Å². The molecule has 3 heteroatoms. The second kappa shape index (κ2) is 3.15. The van der Waals surface area contributed by atoms with Crippen molar-refractivity contribution in [1.29, 1.82) is 0 Å². The lowest BCUT2D eigenvalue weighted by atomic mass is 10.1. The molecule has 1 aromatic carbocycles. The van der Waals surface area contributed by atoms with Crippen molar-refractivity contribution >= 4 is 12.6 Å². The second-order valence-electron chi connectivity index (χ2n) is 2.50. The van der Waals surface area contributed by atoms with E-state index in [4.69, 9.17) is 5.73 Å². The molecule has 1 rings (SSSR count). The standard InChI is InChI=1S/C8H11NOS/c1-5(9)6-3-2-4-7(11)8(6)10/h2-5,10-11H,9H2,1H3/t5-/m1/s1. The SMILES string of the molecule is C[C@@H](N)c1cccc(S)c1O. The lowest BCUT2D eigenvalue weighted by Gasteiger charge is -2.08. The number of phenolic OH excluding ortho intramolecular Hbond substituents is 1. The van der Waals surface area contributed by atoms with Gasteiger partial charge in [0, 0.05) is 16.5 Å². The Labute approximate surface area is 71.5 Å². The van der Waals surface area contributed by atoms with Crippen molar-refractivity contribution in [2.24, 2.45) is 5.73 Å². The van der Waals surface area contributed by atoms with E-state index < -0.39 is 0 Å². The van der Waals surface area contributed by atoms with Crippen LogP contribution in [0.1, 0.15) is 18.5 Å². The summed E-state index contributed by atoms with van der Waals surface area (Å²) in [5, 5.41) is 9.41. The van der Waals surface area contributed by atoms with Gasteiger partial charge in [-0.2, -0.15) is 0 Å². The molecule has 0 aliphatic carbocycles. The molecule has 2 nitrogen and oxygen atoms in total. The molecule has 1 aromatic rings. The molecule has 0 spiro atoms. The Kier molecular flexibility index (Phi) is 2.42. The lowest BCUT2D eigenvalue weighted by molar-refractivity contribution is 0.451. The molecule has 0 radical (unpaired) electrons. The van der Waals surface area contributed by atoms with Crippen molar-refractivity contribution in [1.82, 2.24) is 0 Å². The van der Waals surface area contributed by atoms with Crippen LogP contribution < -0.4 is 5.73 Å². The molecule has 60 valence electrons. The summed E-state index contributed by atoms with van der Waals surface area (Å²) < 4.78 is 0. The van der Waals surface area contributed by atoms with Crippen LogP contribution in [-0.4, -0.2) is 5.11 Å². The second-order valence-corrected chi connectivity index (χ2v) is 2.99. The molecular formula is C8H11NOS. The minimum atomic E-state index is -0.151. The number of rotatable bonds is 1. The normalized spacial score (nSPS) is 13.0. The predicted octanol–water partition coefficient (Wildman–Crippen LogP) is 1.70. The Morgan fingerprint density at radius 1 is 1.55 bits per heavy atom. The molecule has 0 aliphatic rings. The molecular weight excluding hydrogens is 158 g/mol. The molecule has 0 aliphatic heterocycles.